The Labute approximate surface area is 112 Å². The standard InChI is InChI=1S/C14H20F3NO/c1-4-18-13(9-19-10(2)3)11-7-5-6-8-12(11)14(15,16)17/h5-8,10,13,18H,4,9H2,1-3H3. The predicted molar refractivity (Wildman–Crippen MR) is 68.9 cm³/mol. The largest absolute Gasteiger partial charge is 0.416 e. The molecular formula is C14H20F3NO. The van der Waals surface area contributed by atoms with Gasteiger partial charge in [0.2, 0.25) is 0 Å². The normalized spacial score (nSPS) is 13.8. The molecule has 0 heterocycles. The lowest BCUT2D eigenvalue weighted by atomic mass is 10.00. The van der Waals surface area contributed by atoms with Crippen molar-refractivity contribution in [3.63, 3.8) is 0 Å². The van der Waals surface area contributed by atoms with Gasteiger partial charge in [-0.1, -0.05) is 25.1 Å². The fraction of sp³-hybridized carbons (Fsp3) is 0.571. The molecule has 1 N–H and O–H groups in total. The Morgan fingerprint density at radius 3 is 2.37 bits per heavy atom. The van der Waals surface area contributed by atoms with E-state index in [0.29, 0.717) is 6.54 Å². The van der Waals surface area contributed by atoms with Crippen molar-refractivity contribution in [1.29, 1.82) is 0 Å². The SMILES string of the molecule is CCNC(COC(C)C)c1ccccc1C(F)(F)F. The first kappa shape index (κ1) is 16.0. The molecule has 0 fully saturated rings. The van der Waals surface area contributed by atoms with E-state index in [4.69, 9.17) is 4.74 Å². The number of halogens is 3. The molecule has 19 heavy (non-hydrogen) atoms. The molecule has 2 nitrogen and oxygen atoms in total. The summed E-state index contributed by atoms with van der Waals surface area (Å²) in [5.41, 5.74) is -0.370. The van der Waals surface area contributed by atoms with Crippen LogP contribution in [-0.2, 0) is 10.9 Å². The van der Waals surface area contributed by atoms with E-state index in [9.17, 15) is 13.2 Å². The molecule has 108 valence electrons. The fourth-order valence-corrected chi connectivity index (χ4v) is 1.85. The number of benzene rings is 1. The molecule has 0 aliphatic heterocycles. The van der Waals surface area contributed by atoms with Crippen LogP contribution in [0.1, 0.15) is 37.9 Å². The van der Waals surface area contributed by atoms with Crippen LogP contribution >= 0.6 is 0 Å². The lowest BCUT2D eigenvalue weighted by Gasteiger charge is -2.23. The fourth-order valence-electron chi connectivity index (χ4n) is 1.85. The minimum Gasteiger partial charge on any atom is -0.377 e. The van der Waals surface area contributed by atoms with Crippen molar-refractivity contribution in [2.45, 2.75) is 39.1 Å². The third-order valence-electron chi connectivity index (χ3n) is 2.69. The Morgan fingerprint density at radius 2 is 1.84 bits per heavy atom. The summed E-state index contributed by atoms with van der Waals surface area (Å²) in [4.78, 5) is 0. The molecule has 0 amide bonds. The van der Waals surface area contributed by atoms with Gasteiger partial charge in [0.25, 0.3) is 0 Å². The van der Waals surface area contributed by atoms with Crippen LogP contribution in [0.5, 0.6) is 0 Å². The summed E-state index contributed by atoms with van der Waals surface area (Å²) in [6.07, 6.45) is -4.36. The average molecular weight is 275 g/mol. The lowest BCUT2D eigenvalue weighted by Crippen LogP contribution is -2.28. The lowest BCUT2D eigenvalue weighted by molar-refractivity contribution is -0.138. The second-order valence-electron chi connectivity index (χ2n) is 4.58. The highest BCUT2D eigenvalue weighted by atomic mass is 19.4. The number of ether oxygens (including phenoxy) is 1. The summed E-state index contributed by atoms with van der Waals surface area (Å²) in [7, 11) is 0. The van der Waals surface area contributed by atoms with E-state index >= 15 is 0 Å². The van der Waals surface area contributed by atoms with Crippen molar-refractivity contribution in [1.82, 2.24) is 5.32 Å². The molecule has 0 radical (unpaired) electrons. The van der Waals surface area contributed by atoms with Gasteiger partial charge in [0, 0.05) is 0 Å². The number of likely N-dealkylation sites (N-methyl/N-ethyl adjacent to an activating group) is 1. The van der Waals surface area contributed by atoms with Gasteiger partial charge in [0.15, 0.2) is 0 Å². The number of nitrogens with one attached hydrogen (secondary N) is 1. The van der Waals surface area contributed by atoms with E-state index in [1.807, 2.05) is 20.8 Å². The predicted octanol–water partition coefficient (Wildman–Crippen LogP) is 3.78. The maximum absolute atomic E-state index is 13.0. The molecule has 1 unspecified atom stereocenters. The summed E-state index contributed by atoms with van der Waals surface area (Å²) < 4.78 is 44.4. The molecule has 1 aromatic rings. The first-order valence-corrected chi connectivity index (χ1v) is 6.37. The van der Waals surface area contributed by atoms with E-state index in [2.05, 4.69) is 5.32 Å². The van der Waals surface area contributed by atoms with Crippen molar-refractivity contribution < 1.29 is 17.9 Å². The van der Waals surface area contributed by atoms with Crippen molar-refractivity contribution in [3.8, 4) is 0 Å². The van der Waals surface area contributed by atoms with E-state index < -0.39 is 17.8 Å². The van der Waals surface area contributed by atoms with Crippen molar-refractivity contribution in [2.24, 2.45) is 0 Å². The molecule has 0 bridgehead atoms. The van der Waals surface area contributed by atoms with Crippen LogP contribution in [-0.4, -0.2) is 19.3 Å². The third-order valence-corrected chi connectivity index (χ3v) is 2.69. The maximum atomic E-state index is 13.0. The molecule has 1 atom stereocenters. The molecular weight excluding hydrogens is 255 g/mol. The minimum absolute atomic E-state index is 0.0146. The van der Waals surface area contributed by atoms with Crippen LogP contribution in [0.4, 0.5) is 13.2 Å². The number of hydrogen-bond acceptors (Lipinski definition) is 2. The molecule has 0 aliphatic rings. The molecule has 0 saturated carbocycles. The van der Waals surface area contributed by atoms with Gasteiger partial charge in [-0.05, 0) is 32.0 Å². The average Bonchev–Trinajstić information content (AvgIpc) is 2.33. The van der Waals surface area contributed by atoms with Gasteiger partial charge in [-0.3, -0.25) is 0 Å². The quantitative estimate of drug-likeness (QED) is 0.853. The Balaban J connectivity index is 3.01. The Bertz CT molecular complexity index is 391. The smallest absolute Gasteiger partial charge is 0.377 e. The van der Waals surface area contributed by atoms with Gasteiger partial charge in [-0.25, -0.2) is 0 Å². The Hall–Kier alpha value is -1.07. The number of hydrogen-bond donors (Lipinski definition) is 1. The molecule has 0 spiro atoms. The highest BCUT2D eigenvalue weighted by Gasteiger charge is 2.34. The van der Waals surface area contributed by atoms with E-state index in [1.165, 1.54) is 12.1 Å². The zero-order valence-corrected chi connectivity index (χ0v) is 11.4. The zero-order valence-electron chi connectivity index (χ0n) is 11.4. The molecule has 0 saturated heterocycles. The van der Waals surface area contributed by atoms with E-state index in [-0.39, 0.29) is 18.3 Å². The summed E-state index contributed by atoms with van der Waals surface area (Å²) in [5, 5.41) is 3.04. The van der Waals surface area contributed by atoms with Gasteiger partial charge >= 0.3 is 6.18 Å². The third kappa shape index (κ3) is 4.84. The van der Waals surface area contributed by atoms with Crippen molar-refractivity contribution in [3.05, 3.63) is 35.4 Å². The summed E-state index contributed by atoms with van der Waals surface area (Å²) in [6, 6.07) is 5.17. The Morgan fingerprint density at radius 1 is 1.21 bits per heavy atom. The van der Waals surface area contributed by atoms with Crippen LogP contribution in [0.15, 0.2) is 24.3 Å². The van der Waals surface area contributed by atoms with Crippen LogP contribution < -0.4 is 5.32 Å². The van der Waals surface area contributed by atoms with Gasteiger partial charge in [-0.2, -0.15) is 13.2 Å². The first-order chi connectivity index (χ1) is 8.86. The summed E-state index contributed by atoms with van der Waals surface area (Å²) in [5.74, 6) is 0. The highest BCUT2D eigenvalue weighted by molar-refractivity contribution is 5.32. The van der Waals surface area contributed by atoms with E-state index in [0.717, 1.165) is 6.07 Å². The summed E-state index contributed by atoms with van der Waals surface area (Å²) in [6.45, 7) is 6.38. The number of alkyl halides is 3. The van der Waals surface area contributed by atoms with Crippen LogP contribution in [0.3, 0.4) is 0 Å². The van der Waals surface area contributed by atoms with Crippen molar-refractivity contribution >= 4 is 0 Å². The van der Waals surface area contributed by atoms with Gasteiger partial charge in [0.05, 0.1) is 24.3 Å². The van der Waals surface area contributed by atoms with Crippen LogP contribution in [0.25, 0.3) is 0 Å². The summed E-state index contributed by atoms with van der Waals surface area (Å²) >= 11 is 0. The van der Waals surface area contributed by atoms with Crippen molar-refractivity contribution in [2.75, 3.05) is 13.2 Å². The van der Waals surface area contributed by atoms with Crippen LogP contribution in [0, 0.1) is 0 Å². The highest BCUT2D eigenvalue weighted by Crippen LogP contribution is 2.34. The first-order valence-electron chi connectivity index (χ1n) is 6.37. The minimum atomic E-state index is -4.35. The van der Waals surface area contributed by atoms with Gasteiger partial charge < -0.3 is 10.1 Å². The van der Waals surface area contributed by atoms with Gasteiger partial charge in [-0.15, -0.1) is 0 Å². The second-order valence-corrected chi connectivity index (χ2v) is 4.58. The van der Waals surface area contributed by atoms with Gasteiger partial charge in [0.1, 0.15) is 0 Å². The number of rotatable bonds is 6. The molecule has 0 aliphatic carbocycles. The Kier molecular flexibility index (Phi) is 5.82. The zero-order chi connectivity index (χ0) is 14.5. The monoisotopic (exact) mass is 275 g/mol. The molecule has 0 aromatic heterocycles. The maximum Gasteiger partial charge on any atom is 0.416 e. The molecule has 1 aromatic carbocycles. The second kappa shape index (κ2) is 6.91. The molecule has 5 heteroatoms. The van der Waals surface area contributed by atoms with Crippen LogP contribution in [0.2, 0.25) is 0 Å². The topological polar surface area (TPSA) is 21.3 Å². The molecule has 1 rings (SSSR count). The van der Waals surface area contributed by atoms with E-state index in [1.54, 1.807) is 6.07 Å².